The first-order valence-corrected chi connectivity index (χ1v) is 6.74. The second-order valence-corrected chi connectivity index (χ2v) is 5.55. The molecule has 19 heavy (non-hydrogen) atoms. The zero-order chi connectivity index (χ0) is 14.0. The lowest BCUT2D eigenvalue weighted by Crippen LogP contribution is -2.03. The number of aliphatic hydroxyl groups is 1. The average molecular weight is 258 g/mol. The Hall–Kier alpha value is -1.61. The molecular formula is C16H22N2O. The molecule has 3 nitrogen and oxygen atoms in total. The van der Waals surface area contributed by atoms with Gasteiger partial charge in [0.1, 0.15) is 6.10 Å². The molecule has 0 spiro atoms. The Labute approximate surface area is 114 Å². The van der Waals surface area contributed by atoms with Gasteiger partial charge in [-0.25, -0.2) is 0 Å². The Bertz CT molecular complexity index is 558. The number of rotatable bonds is 4. The highest BCUT2D eigenvalue weighted by atomic mass is 16.3. The van der Waals surface area contributed by atoms with Gasteiger partial charge in [-0.3, -0.25) is 4.68 Å². The Morgan fingerprint density at radius 2 is 2.05 bits per heavy atom. The molecule has 0 radical (unpaired) electrons. The first-order chi connectivity index (χ1) is 8.99. The van der Waals surface area contributed by atoms with Gasteiger partial charge in [-0.05, 0) is 30.4 Å². The molecule has 0 aliphatic heterocycles. The van der Waals surface area contributed by atoms with Crippen molar-refractivity contribution in [3.63, 3.8) is 0 Å². The predicted octanol–water partition coefficient (Wildman–Crippen LogP) is 3.01. The maximum Gasteiger partial charge on any atom is 0.107 e. The van der Waals surface area contributed by atoms with Crippen molar-refractivity contribution in [3.8, 4) is 0 Å². The van der Waals surface area contributed by atoms with Crippen LogP contribution in [0, 0.1) is 12.8 Å². The molecule has 0 bridgehead atoms. The zero-order valence-corrected chi connectivity index (χ0v) is 12.1. The molecule has 2 rings (SSSR count). The minimum Gasteiger partial charge on any atom is -0.384 e. The topological polar surface area (TPSA) is 38.1 Å². The van der Waals surface area contributed by atoms with Gasteiger partial charge in [-0.2, -0.15) is 5.10 Å². The molecule has 2 aromatic rings. The van der Waals surface area contributed by atoms with Gasteiger partial charge in [-0.15, -0.1) is 0 Å². The second-order valence-electron chi connectivity index (χ2n) is 5.55. The van der Waals surface area contributed by atoms with E-state index in [2.05, 4.69) is 31.1 Å². The standard InChI is InChI=1S/C16H22N2O/c1-11(2)8-13-6-5-7-14(9-13)16(19)15-10-17-18(4)12(15)3/h5-7,9-11,16,19H,8H2,1-4H3. The van der Waals surface area contributed by atoms with Gasteiger partial charge in [0.25, 0.3) is 0 Å². The summed E-state index contributed by atoms with van der Waals surface area (Å²) in [6.07, 6.45) is 2.18. The number of aryl methyl sites for hydroxylation is 1. The van der Waals surface area contributed by atoms with Crippen molar-refractivity contribution in [3.05, 3.63) is 52.8 Å². The molecule has 0 amide bonds. The number of aliphatic hydroxyl groups excluding tert-OH is 1. The summed E-state index contributed by atoms with van der Waals surface area (Å²) < 4.78 is 1.79. The summed E-state index contributed by atoms with van der Waals surface area (Å²) in [5, 5.41) is 14.7. The van der Waals surface area contributed by atoms with E-state index in [9.17, 15) is 5.11 Å². The molecule has 0 aliphatic carbocycles. The quantitative estimate of drug-likeness (QED) is 0.915. The summed E-state index contributed by atoms with van der Waals surface area (Å²) in [5.41, 5.74) is 4.09. The third-order valence-corrected chi connectivity index (χ3v) is 3.48. The van der Waals surface area contributed by atoms with E-state index in [-0.39, 0.29) is 0 Å². The number of hydrogen-bond acceptors (Lipinski definition) is 2. The van der Waals surface area contributed by atoms with Crippen LogP contribution in [0.2, 0.25) is 0 Å². The van der Waals surface area contributed by atoms with Crippen molar-refractivity contribution in [2.75, 3.05) is 0 Å². The molecule has 1 N–H and O–H groups in total. The van der Waals surface area contributed by atoms with Crippen LogP contribution < -0.4 is 0 Å². The van der Waals surface area contributed by atoms with Crippen LogP contribution in [0.5, 0.6) is 0 Å². The molecule has 102 valence electrons. The largest absolute Gasteiger partial charge is 0.384 e. The van der Waals surface area contributed by atoms with Crippen LogP contribution in [0.1, 0.15) is 42.3 Å². The molecule has 0 saturated carbocycles. The molecule has 0 aliphatic rings. The first-order valence-electron chi connectivity index (χ1n) is 6.74. The van der Waals surface area contributed by atoms with Crippen LogP contribution in [0.3, 0.4) is 0 Å². The molecule has 1 aromatic heterocycles. The van der Waals surface area contributed by atoms with Crippen molar-refractivity contribution in [1.29, 1.82) is 0 Å². The Balaban J connectivity index is 2.28. The summed E-state index contributed by atoms with van der Waals surface area (Å²) in [6, 6.07) is 8.20. The van der Waals surface area contributed by atoms with E-state index in [0.29, 0.717) is 5.92 Å². The Morgan fingerprint density at radius 1 is 1.32 bits per heavy atom. The van der Waals surface area contributed by atoms with E-state index in [1.807, 2.05) is 26.1 Å². The molecular weight excluding hydrogens is 236 g/mol. The van der Waals surface area contributed by atoms with Crippen molar-refractivity contribution < 1.29 is 5.11 Å². The second kappa shape index (κ2) is 5.57. The fraction of sp³-hybridized carbons (Fsp3) is 0.438. The van der Waals surface area contributed by atoms with Crippen molar-refractivity contribution >= 4 is 0 Å². The summed E-state index contributed by atoms with van der Waals surface area (Å²) >= 11 is 0. The number of nitrogens with zero attached hydrogens (tertiary/aromatic N) is 2. The zero-order valence-electron chi connectivity index (χ0n) is 12.1. The van der Waals surface area contributed by atoms with E-state index >= 15 is 0 Å². The highest BCUT2D eigenvalue weighted by molar-refractivity contribution is 5.33. The van der Waals surface area contributed by atoms with Crippen molar-refractivity contribution in [2.24, 2.45) is 13.0 Å². The smallest absolute Gasteiger partial charge is 0.107 e. The SMILES string of the molecule is Cc1c(C(O)c2cccc(CC(C)C)c2)cnn1C. The maximum atomic E-state index is 10.5. The van der Waals surface area contributed by atoms with Gasteiger partial charge in [0.15, 0.2) is 0 Å². The number of hydrogen-bond donors (Lipinski definition) is 1. The molecule has 1 unspecified atom stereocenters. The van der Waals surface area contributed by atoms with Crippen LogP contribution in [0.25, 0.3) is 0 Å². The van der Waals surface area contributed by atoms with Crippen LogP contribution in [0.15, 0.2) is 30.5 Å². The fourth-order valence-electron chi connectivity index (χ4n) is 2.33. The van der Waals surface area contributed by atoms with E-state index < -0.39 is 6.10 Å². The van der Waals surface area contributed by atoms with Crippen LogP contribution in [-0.4, -0.2) is 14.9 Å². The lowest BCUT2D eigenvalue weighted by atomic mass is 9.96. The average Bonchev–Trinajstić information content (AvgIpc) is 2.69. The first kappa shape index (κ1) is 13.8. The summed E-state index contributed by atoms with van der Waals surface area (Å²) in [6.45, 7) is 6.38. The van der Waals surface area contributed by atoms with Gasteiger partial charge in [0, 0.05) is 18.3 Å². The van der Waals surface area contributed by atoms with E-state index in [1.54, 1.807) is 10.9 Å². The van der Waals surface area contributed by atoms with E-state index in [4.69, 9.17) is 0 Å². The Kier molecular flexibility index (Phi) is 4.05. The van der Waals surface area contributed by atoms with Crippen molar-refractivity contribution in [1.82, 2.24) is 9.78 Å². The van der Waals surface area contributed by atoms with Gasteiger partial charge >= 0.3 is 0 Å². The highest BCUT2D eigenvalue weighted by Crippen LogP contribution is 2.25. The molecule has 3 heteroatoms. The normalized spacial score (nSPS) is 12.9. The van der Waals surface area contributed by atoms with Crippen LogP contribution >= 0.6 is 0 Å². The molecule has 1 aromatic carbocycles. The Morgan fingerprint density at radius 3 is 2.63 bits per heavy atom. The van der Waals surface area contributed by atoms with E-state index in [0.717, 1.165) is 23.2 Å². The third-order valence-electron chi connectivity index (χ3n) is 3.48. The molecule has 1 atom stereocenters. The van der Waals surface area contributed by atoms with Gasteiger partial charge in [-0.1, -0.05) is 38.1 Å². The number of aromatic nitrogens is 2. The highest BCUT2D eigenvalue weighted by Gasteiger charge is 2.16. The fourth-order valence-corrected chi connectivity index (χ4v) is 2.33. The summed E-state index contributed by atoms with van der Waals surface area (Å²) in [7, 11) is 1.89. The van der Waals surface area contributed by atoms with Gasteiger partial charge in [0.2, 0.25) is 0 Å². The predicted molar refractivity (Wildman–Crippen MR) is 77.0 cm³/mol. The summed E-state index contributed by atoms with van der Waals surface area (Å²) in [4.78, 5) is 0. The minimum absolute atomic E-state index is 0.596. The van der Waals surface area contributed by atoms with Crippen LogP contribution in [0.4, 0.5) is 0 Å². The van der Waals surface area contributed by atoms with E-state index in [1.165, 1.54) is 5.56 Å². The molecule has 0 fully saturated rings. The number of benzene rings is 1. The lowest BCUT2D eigenvalue weighted by Gasteiger charge is -2.13. The third kappa shape index (κ3) is 3.04. The van der Waals surface area contributed by atoms with Gasteiger partial charge in [0.05, 0.1) is 6.20 Å². The van der Waals surface area contributed by atoms with Crippen LogP contribution in [-0.2, 0) is 13.5 Å². The van der Waals surface area contributed by atoms with Gasteiger partial charge < -0.3 is 5.11 Å². The molecule has 0 saturated heterocycles. The monoisotopic (exact) mass is 258 g/mol. The summed E-state index contributed by atoms with van der Waals surface area (Å²) in [5.74, 6) is 0.618. The maximum absolute atomic E-state index is 10.5. The lowest BCUT2D eigenvalue weighted by molar-refractivity contribution is 0.219. The minimum atomic E-state index is -0.596. The molecule has 1 heterocycles. The van der Waals surface area contributed by atoms with Crippen molar-refractivity contribution in [2.45, 2.75) is 33.3 Å².